The van der Waals surface area contributed by atoms with Gasteiger partial charge in [-0.25, -0.2) is 4.98 Å². The van der Waals surface area contributed by atoms with Gasteiger partial charge in [-0.1, -0.05) is 12.9 Å². The average Bonchev–Trinajstić information content (AvgIpc) is 3.37. The molecule has 149 valence electrons. The van der Waals surface area contributed by atoms with Crippen molar-refractivity contribution in [2.24, 2.45) is 0 Å². The Labute approximate surface area is 173 Å². The van der Waals surface area contributed by atoms with Crippen molar-refractivity contribution in [3.05, 3.63) is 53.3 Å². The molecule has 3 rings (SSSR count). The number of ether oxygens (including phenoxy) is 1. The van der Waals surface area contributed by atoms with E-state index in [4.69, 9.17) is 4.74 Å². The first-order chi connectivity index (χ1) is 14.0. The number of rotatable bonds is 8. The number of thiazole rings is 1. The summed E-state index contributed by atoms with van der Waals surface area (Å²) in [5, 5.41) is 7.69. The lowest BCUT2D eigenvalue weighted by atomic mass is 10.0. The molecule has 0 aliphatic heterocycles. The summed E-state index contributed by atoms with van der Waals surface area (Å²) >= 11 is 1.29. The van der Waals surface area contributed by atoms with Crippen LogP contribution < -0.4 is 10.6 Å². The number of nitrogens with one attached hydrogen (secondary N) is 2. The first-order valence-electron chi connectivity index (χ1n) is 8.97. The van der Waals surface area contributed by atoms with Crippen LogP contribution >= 0.6 is 11.3 Å². The Morgan fingerprint density at radius 1 is 1.28 bits per heavy atom. The van der Waals surface area contributed by atoms with Gasteiger partial charge < -0.3 is 19.8 Å². The third-order valence-electron chi connectivity index (χ3n) is 4.11. The predicted molar refractivity (Wildman–Crippen MR) is 113 cm³/mol. The Morgan fingerprint density at radius 3 is 2.79 bits per heavy atom. The maximum Gasteiger partial charge on any atom is 0.253 e. The number of anilines is 1. The van der Waals surface area contributed by atoms with E-state index >= 15 is 0 Å². The lowest BCUT2D eigenvalue weighted by molar-refractivity contribution is -0.119. The van der Waals surface area contributed by atoms with Crippen molar-refractivity contribution >= 4 is 35.7 Å². The van der Waals surface area contributed by atoms with Crippen molar-refractivity contribution in [1.29, 1.82) is 0 Å². The van der Waals surface area contributed by atoms with Crippen LogP contribution in [0.2, 0.25) is 6.82 Å². The van der Waals surface area contributed by atoms with E-state index in [2.05, 4.69) is 20.6 Å². The maximum absolute atomic E-state index is 12.7. The van der Waals surface area contributed by atoms with E-state index in [9.17, 15) is 9.59 Å². The van der Waals surface area contributed by atoms with Crippen LogP contribution in [0.5, 0.6) is 0 Å². The summed E-state index contributed by atoms with van der Waals surface area (Å²) in [7, 11) is 3.29. The summed E-state index contributed by atoms with van der Waals surface area (Å²) in [4.78, 5) is 34.0. The lowest BCUT2D eigenvalue weighted by Gasteiger charge is -2.16. The zero-order chi connectivity index (χ0) is 20.8. The Bertz CT molecular complexity index is 1000. The minimum atomic E-state index is -0.856. The highest BCUT2D eigenvalue weighted by atomic mass is 32.1. The number of hydrogen-bond acceptors (Lipinski definition) is 6. The molecule has 3 aromatic rings. The van der Waals surface area contributed by atoms with Gasteiger partial charge in [0.25, 0.3) is 11.8 Å². The summed E-state index contributed by atoms with van der Waals surface area (Å²) in [5.41, 5.74) is 2.76. The van der Waals surface area contributed by atoms with Crippen LogP contribution in [0.1, 0.15) is 16.1 Å². The van der Waals surface area contributed by atoms with Crippen molar-refractivity contribution in [1.82, 2.24) is 19.8 Å². The number of pyridine rings is 1. The molecule has 0 aliphatic rings. The molecule has 1 radical (unpaired) electrons. The van der Waals surface area contributed by atoms with Crippen molar-refractivity contribution in [3.63, 3.8) is 0 Å². The van der Waals surface area contributed by atoms with Gasteiger partial charge in [-0.05, 0) is 31.3 Å². The third-order valence-corrected chi connectivity index (χ3v) is 4.87. The van der Waals surface area contributed by atoms with Crippen molar-refractivity contribution in [3.8, 4) is 11.4 Å². The number of amides is 2. The molecule has 1 atom stereocenters. The average molecular weight is 410 g/mol. The van der Waals surface area contributed by atoms with E-state index < -0.39 is 11.9 Å². The summed E-state index contributed by atoms with van der Waals surface area (Å²) < 4.78 is 6.86. The molecule has 29 heavy (non-hydrogen) atoms. The van der Waals surface area contributed by atoms with E-state index in [1.165, 1.54) is 18.4 Å². The van der Waals surface area contributed by atoms with Crippen LogP contribution in [0.15, 0.2) is 42.0 Å². The SMILES string of the molecule is C[B]n1ccc(C(=O)NC(COC)C(=O)Nc2nc(-c3cccc(C)n3)cs2)c1. The van der Waals surface area contributed by atoms with Crippen molar-refractivity contribution in [2.75, 3.05) is 19.0 Å². The fraction of sp³-hybridized carbons (Fsp3) is 0.263. The van der Waals surface area contributed by atoms with Crippen molar-refractivity contribution in [2.45, 2.75) is 19.8 Å². The van der Waals surface area contributed by atoms with Gasteiger partial charge in [0.05, 0.1) is 17.9 Å². The minimum Gasteiger partial charge on any atom is -0.402 e. The summed E-state index contributed by atoms with van der Waals surface area (Å²) in [6.07, 6.45) is 3.44. The molecule has 0 saturated heterocycles. The molecular weight excluding hydrogens is 389 g/mol. The van der Waals surface area contributed by atoms with Gasteiger partial charge in [-0.15, -0.1) is 11.3 Å². The Hall–Kier alpha value is -2.98. The minimum absolute atomic E-state index is 0.0376. The van der Waals surface area contributed by atoms with Gasteiger partial charge in [0.1, 0.15) is 11.7 Å². The smallest absolute Gasteiger partial charge is 0.253 e. The molecule has 0 spiro atoms. The van der Waals surface area contributed by atoms with E-state index in [1.54, 1.807) is 22.9 Å². The van der Waals surface area contributed by atoms with Crippen LogP contribution in [-0.4, -0.2) is 53.4 Å². The number of methoxy groups -OCH3 is 1. The van der Waals surface area contributed by atoms with Gasteiger partial charge in [-0.3, -0.25) is 14.6 Å². The summed E-state index contributed by atoms with van der Waals surface area (Å²) in [6, 6.07) is 6.50. The molecule has 2 amide bonds. The molecule has 1 unspecified atom stereocenters. The second-order valence-corrected chi connectivity index (χ2v) is 7.14. The van der Waals surface area contributed by atoms with Crippen LogP contribution in [0.4, 0.5) is 5.13 Å². The summed E-state index contributed by atoms with van der Waals surface area (Å²) in [6.45, 7) is 3.80. The normalized spacial score (nSPS) is 11.7. The molecule has 0 saturated carbocycles. The Kier molecular flexibility index (Phi) is 6.79. The number of aryl methyl sites for hydroxylation is 1. The van der Waals surface area contributed by atoms with Gasteiger partial charge in [-0.2, -0.15) is 0 Å². The lowest BCUT2D eigenvalue weighted by Crippen LogP contribution is -2.46. The zero-order valence-electron chi connectivity index (χ0n) is 16.4. The summed E-state index contributed by atoms with van der Waals surface area (Å²) in [5.74, 6) is -0.758. The van der Waals surface area contributed by atoms with Crippen LogP contribution in [0, 0.1) is 6.92 Å². The van der Waals surface area contributed by atoms with Crippen LogP contribution in [0.25, 0.3) is 11.4 Å². The number of aromatic nitrogens is 3. The van der Waals surface area contributed by atoms with E-state index in [-0.39, 0.29) is 12.5 Å². The first-order valence-corrected chi connectivity index (χ1v) is 9.85. The molecule has 8 nitrogen and oxygen atoms in total. The fourth-order valence-electron chi connectivity index (χ4n) is 2.63. The monoisotopic (exact) mass is 410 g/mol. The molecule has 2 N–H and O–H groups in total. The Morgan fingerprint density at radius 2 is 2.10 bits per heavy atom. The standard InChI is InChI=1S/C19H21BN5O3S/c1-12-5-4-6-14(21-12)16-11-29-19(23-16)24-18(27)15(10-28-3)22-17(26)13-7-8-25(9-13)20-2/h4-9,11,15H,10H2,1-3H3,(H,22,26)(H,23,24,27). The van der Waals surface area contributed by atoms with Gasteiger partial charge >= 0.3 is 0 Å². The Balaban J connectivity index is 1.67. The number of carbonyl (C=O) groups is 2. The number of hydrogen-bond donors (Lipinski definition) is 2. The van der Waals surface area contributed by atoms with E-state index in [1.807, 2.05) is 44.7 Å². The maximum atomic E-state index is 12.7. The van der Waals surface area contributed by atoms with Crippen molar-refractivity contribution < 1.29 is 14.3 Å². The topological polar surface area (TPSA) is 98.1 Å². The van der Waals surface area contributed by atoms with Crippen LogP contribution in [-0.2, 0) is 9.53 Å². The zero-order valence-corrected chi connectivity index (χ0v) is 17.2. The highest BCUT2D eigenvalue weighted by molar-refractivity contribution is 7.14. The number of carbonyl (C=O) groups excluding carboxylic acids is 2. The third kappa shape index (κ3) is 5.30. The molecule has 0 aliphatic carbocycles. The van der Waals surface area contributed by atoms with Crippen LogP contribution in [0.3, 0.4) is 0 Å². The highest BCUT2D eigenvalue weighted by Crippen LogP contribution is 2.23. The van der Waals surface area contributed by atoms with Gasteiger partial charge in [0.2, 0.25) is 7.41 Å². The quantitative estimate of drug-likeness (QED) is 0.555. The molecule has 3 aromatic heterocycles. The highest BCUT2D eigenvalue weighted by Gasteiger charge is 2.23. The van der Waals surface area contributed by atoms with E-state index in [0.29, 0.717) is 16.4 Å². The fourth-order valence-corrected chi connectivity index (χ4v) is 3.33. The molecular formula is C19H21BN5O3S. The molecule has 0 bridgehead atoms. The molecule has 3 heterocycles. The molecule has 0 aromatic carbocycles. The second kappa shape index (κ2) is 9.48. The molecule has 0 fully saturated rings. The largest absolute Gasteiger partial charge is 0.402 e. The number of nitrogens with zero attached hydrogens (tertiary/aromatic N) is 3. The predicted octanol–water partition coefficient (Wildman–Crippen LogP) is 2.21. The van der Waals surface area contributed by atoms with Gasteiger partial charge in [0.15, 0.2) is 5.13 Å². The van der Waals surface area contributed by atoms with E-state index in [0.717, 1.165) is 11.4 Å². The first kappa shape index (κ1) is 20.8. The molecule has 10 heteroatoms. The second-order valence-electron chi connectivity index (χ2n) is 6.28. The van der Waals surface area contributed by atoms with Gasteiger partial charge in [0, 0.05) is 24.4 Å².